The molecule has 24 heavy (non-hydrogen) atoms. The number of carbonyl (C=O) groups excluding carboxylic acids is 2. The molecule has 124 valence electrons. The van der Waals surface area contributed by atoms with Crippen LogP contribution in [0, 0.1) is 5.92 Å². The minimum atomic E-state index is -0.299. The van der Waals surface area contributed by atoms with Crippen LogP contribution in [0.15, 0.2) is 53.0 Å². The molecule has 1 saturated carbocycles. The number of halogens is 1. The van der Waals surface area contributed by atoms with E-state index in [4.69, 9.17) is 0 Å². The van der Waals surface area contributed by atoms with Crippen molar-refractivity contribution in [1.29, 1.82) is 0 Å². The van der Waals surface area contributed by atoms with Crippen LogP contribution < -0.4 is 10.9 Å². The fourth-order valence-corrected chi connectivity index (χ4v) is 3.00. The summed E-state index contributed by atoms with van der Waals surface area (Å²) in [5, 5.41) is 0. The molecule has 1 fully saturated rings. The molecule has 0 aliphatic heterocycles. The van der Waals surface area contributed by atoms with E-state index in [1.54, 1.807) is 12.1 Å². The zero-order valence-electron chi connectivity index (χ0n) is 13.4. The highest BCUT2D eigenvalue weighted by atomic mass is 79.9. The van der Waals surface area contributed by atoms with E-state index < -0.39 is 0 Å². The number of hydrogen-bond acceptors (Lipinski definition) is 2. The van der Waals surface area contributed by atoms with Crippen LogP contribution in [0.4, 0.5) is 0 Å². The molecule has 2 unspecified atom stereocenters. The van der Waals surface area contributed by atoms with Gasteiger partial charge >= 0.3 is 0 Å². The molecule has 0 heterocycles. The average molecular weight is 387 g/mol. The Bertz CT molecular complexity index is 741. The number of hydrogen-bond donors (Lipinski definition) is 2. The summed E-state index contributed by atoms with van der Waals surface area (Å²) in [5.41, 5.74) is 7.89. The number of hydrazine groups is 1. The van der Waals surface area contributed by atoms with Crippen molar-refractivity contribution >= 4 is 27.7 Å². The van der Waals surface area contributed by atoms with Crippen molar-refractivity contribution < 1.29 is 9.59 Å². The Morgan fingerprint density at radius 3 is 2.33 bits per heavy atom. The Morgan fingerprint density at radius 1 is 1.04 bits per heavy atom. The molecule has 3 rings (SSSR count). The molecule has 2 aromatic carbocycles. The van der Waals surface area contributed by atoms with Gasteiger partial charge in [0.2, 0.25) is 5.91 Å². The van der Waals surface area contributed by atoms with Gasteiger partial charge in [-0.15, -0.1) is 0 Å². The summed E-state index contributed by atoms with van der Waals surface area (Å²) in [4.78, 5) is 24.2. The van der Waals surface area contributed by atoms with E-state index in [0.29, 0.717) is 5.56 Å². The van der Waals surface area contributed by atoms with Crippen molar-refractivity contribution in [3.05, 3.63) is 69.7 Å². The van der Waals surface area contributed by atoms with Gasteiger partial charge in [0.25, 0.3) is 5.91 Å². The third kappa shape index (κ3) is 3.85. The van der Waals surface area contributed by atoms with Gasteiger partial charge in [-0.1, -0.05) is 47.1 Å². The highest BCUT2D eigenvalue weighted by Crippen LogP contribution is 2.47. The van der Waals surface area contributed by atoms with E-state index >= 15 is 0 Å². The van der Waals surface area contributed by atoms with E-state index in [1.807, 2.05) is 36.4 Å². The van der Waals surface area contributed by atoms with Crippen LogP contribution in [0.3, 0.4) is 0 Å². The topological polar surface area (TPSA) is 58.2 Å². The zero-order valence-corrected chi connectivity index (χ0v) is 15.0. The van der Waals surface area contributed by atoms with Gasteiger partial charge < -0.3 is 0 Å². The van der Waals surface area contributed by atoms with Crippen molar-refractivity contribution in [3.8, 4) is 0 Å². The second-order valence-corrected chi connectivity index (χ2v) is 6.91. The first-order valence-corrected chi connectivity index (χ1v) is 8.82. The molecule has 0 bridgehead atoms. The molecule has 0 aromatic heterocycles. The summed E-state index contributed by atoms with van der Waals surface area (Å²) in [6, 6.07) is 15.4. The molecule has 0 saturated heterocycles. The van der Waals surface area contributed by atoms with Crippen molar-refractivity contribution in [2.45, 2.75) is 25.7 Å². The lowest BCUT2D eigenvalue weighted by Crippen LogP contribution is -2.42. The molecule has 1 aliphatic carbocycles. The summed E-state index contributed by atoms with van der Waals surface area (Å²) >= 11 is 3.40. The van der Waals surface area contributed by atoms with Gasteiger partial charge in [-0.25, -0.2) is 0 Å². The normalized spacial score (nSPS) is 18.8. The summed E-state index contributed by atoms with van der Waals surface area (Å²) in [5.74, 6) is -0.277. The number of amides is 2. The molecule has 2 N–H and O–H groups in total. The number of benzene rings is 2. The third-order valence-corrected chi connectivity index (χ3v) is 4.88. The Hall–Kier alpha value is -2.14. The standard InChI is InChI=1S/C19H19BrN2O2/c1-2-12-3-5-14(6-4-12)18(23)21-22-19(24)17-11-16(17)13-7-9-15(20)10-8-13/h3-10,16-17H,2,11H2,1H3,(H,21,23)(H,22,24). The predicted octanol–water partition coefficient (Wildman–Crippen LogP) is 3.58. The average Bonchev–Trinajstić information content (AvgIpc) is 3.41. The largest absolute Gasteiger partial charge is 0.273 e. The van der Waals surface area contributed by atoms with Crippen LogP contribution in [-0.2, 0) is 11.2 Å². The maximum absolute atomic E-state index is 12.2. The first kappa shape index (κ1) is 16.7. The summed E-state index contributed by atoms with van der Waals surface area (Å²) < 4.78 is 1.02. The zero-order chi connectivity index (χ0) is 17.1. The molecule has 0 radical (unpaired) electrons. The fourth-order valence-electron chi connectivity index (χ4n) is 2.74. The maximum Gasteiger partial charge on any atom is 0.269 e. The molecule has 2 aromatic rings. The van der Waals surface area contributed by atoms with E-state index in [2.05, 4.69) is 33.7 Å². The molecule has 0 spiro atoms. The third-order valence-electron chi connectivity index (χ3n) is 4.35. The first-order chi connectivity index (χ1) is 11.6. The molecule has 2 amide bonds. The number of nitrogens with one attached hydrogen (secondary N) is 2. The van der Waals surface area contributed by atoms with Crippen LogP contribution >= 0.6 is 15.9 Å². The van der Waals surface area contributed by atoms with Crippen LogP contribution in [0.1, 0.15) is 40.7 Å². The molecule has 4 nitrogen and oxygen atoms in total. The molecule has 5 heteroatoms. The molecule has 1 aliphatic rings. The summed E-state index contributed by atoms with van der Waals surface area (Å²) in [7, 11) is 0. The predicted molar refractivity (Wildman–Crippen MR) is 96.4 cm³/mol. The highest BCUT2D eigenvalue weighted by Gasteiger charge is 2.44. The Morgan fingerprint density at radius 2 is 1.71 bits per heavy atom. The Balaban J connectivity index is 1.50. The van der Waals surface area contributed by atoms with Crippen LogP contribution in [0.25, 0.3) is 0 Å². The SMILES string of the molecule is CCc1ccc(C(=O)NNC(=O)C2CC2c2ccc(Br)cc2)cc1. The fraction of sp³-hybridized carbons (Fsp3) is 0.263. The van der Waals surface area contributed by atoms with Gasteiger partial charge in [-0.05, 0) is 54.2 Å². The Labute approximate surface area is 149 Å². The van der Waals surface area contributed by atoms with E-state index in [9.17, 15) is 9.59 Å². The van der Waals surface area contributed by atoms with Crippen molar-refractivity contribution in [3.63, 3.8) is 0 Å². The van der Waals surface area contributed by atoms with Gasteiger partial charge in [0.1, 0.15) is 0 Å². The van der Waals surface area contributed by atoms with Gasteiger partial charge in [0, 0.05) is 16.0 Å². The first-order valence-electron chi connectivity index (χ1n) is 8.03. The summed E-state index contributed by atoms with van der Waals surface area (Å²) in [6.45, 7) is 2.06. The van der Waals surface area contributed by atoms with E-state index in [0.717, 1.165) is 22.9 Å². The number of carbonyl (C=O) groups is 2. The second kappa shape index (κ2) is 7.18. The molecule has 2 atom stereocenters. The lowest BCUT2D eigenvalue weighted by Gasteiger charge is -2.08. The Kier molecular flexibility index (Phi) is 5.00. The number of aryl methyl sites for hydroxylation is 1. The second-order valence-electron chi connectivity index (χ2n) is 5.99. The van der Waals surface area contributed by atoms with Gasteiger partial charge in [0.05, 0.1) is 0 Å². The van der Waals surface area contributed by atoms with Gasteiger partial charge in [-0.2, -0.15) is 0 Å². The monoisotopic (exact) mass is 386 g/mol. The van der Waals surface area contributed by atoms with Crippen LogP contribution in [-0.4, -0.2) is 11.8 Å². The smallest absolute Gasteiger partial charge is 0.269 e. The van der Waals surface area contributed by atoms with Crippen molar-refractivity contribution in [2.24, 2.45) is 5.92 Å². The van der Waals surface area contributed by atoms with Crippen molar-refractivity contribution in [2.75, 3.05) is 0 Å². The summed E-state index contributed by atoms with van der Waals surface area (Å²) in [6.07, 6.45) is 1.74. The molecular formula is C19H19BrN2O2. The minimum absolute atomic E-state index is 0.0751. The van der Waals surface area contributed by atoms with Crippen molar-refractivity contribution in [1.82, 2.24) is 10.9 Å². The van der Waals surface area contributed by atoms with E-state index in [-0.39, 0.29) is 23.7 Å². The molecular weight excluding hydrogens is 368 g/mol. The van der Waals surface area contributed by atoms with Gasteiger partial charge in [-0.3, -0.25) is 20.4 Å². The number of rotatable bonds is 4. The van der Waals surface area contributed by atoms with Gasteiger partial charge in [0.15, 0.2) is 0 Å². The minimum Gasteiger partial charge on any atom is -0.273 e. The highest BCUT2D eigenvalue weighted by molar-refractivity contribution is 9.10. The lowest BCUT2D eigenvalue weighted by molar-refractivity contribution is -0.123. The van der Waals surface area contributed by atoms with Crippen LogP contribution in [0.2, 0.25) is 0 Å². The van der Waals surface area contributed by atoms with Crippen LogP contribution in [0.5, 0.6) is 0 Å². The lowest BCUT2D eigenvalue weighted by atomic mass is 10.1. The maximum atomic E-state index is 12.2. The quantitative estimate of drug-likeness (QED) is 0.788. The van der Waals surface area contributed by atoms with E-state index in [1.165, 1.54) is 5.56 Å².